The van der Waals surface area contributed by atoms with Crippen LogP contribution in [0.25, 0.3) is 0 Å². The Kier molecular flexibility index (Phi) is 5.47. The maximum atomic E-state index is 11.5. The zero-order chi connectivity index (χ0) is 11.1. The van der Waals surface area contributed by atoms with Gasteiger partial charge >= 0.3 is 0 Å². The number of Topliss-reactive ketones (excluding diaryl/α,β-unsaturated/α-hetero) is 1. The second-order valence-electron chi connectivity index (χ2n) is 3.54. The van der Waals surface area contributed by atoms with E-state index in [2.05, 4.69) is 12.0 Å². The highest BCUT2D eigenvalue weighted by Crippen LogP contribution is 2.06. The summed E-state index contributed by atoms with van der Waals surface area (Å²) in [6, 6.07) is 1.96. The van der Waals surface area contributed by atoms with Gasteiger partial charge in [-0.3, -0.25) is 9.48 Å². The summed E-state index contributed by atoms with van der Waals surface area (Å²) in [7, 11) is 1.91. The third-order valence-electron chi connectivity index (χ3n) is 2.19. The van der Waals surface area contributed by atoms with Crippen LogP contribution in [0.2, 0.25) is 0 Å². The Morgan fingerprint density at radius 2 is 2.40 bits per heavy atom. The van der Waals surface area contributed by atoms with E-state index in [1.54, 1.807) is 18.0 Å². The lowest BCUT2D eigenvalue weighted by Gasteiger charge is -2.01. The van der Waals surface area contributed by atoms with Gasteiger partial charge in [-0.15, -0.1) is 0 Å². The van der Waals surface area contributed by atoms with Crippen molar-refractivity contribution in [2.75, 3.05) is 11.5 Å². The van der Waals surface area contributed by atoms with Gasteiger partial charge in [0.05, 0.1) is 5.75 Å². The molecular weight excluding hydrogens is 208 g/mol. The van der Waals surface area contributed by atoms with Gasteiger partial charge in [0.25, 0.3) is 0 Å². The lowest BCUT2D eigenvalue weighted by molar-refractivity contribution is -0.116. The minimum absolute atomic E-state index is 0.342. The van der Waals surface area contributed by atoms with E-state index in [1.807, 2.05) is 17.8 Å². The monoisotopic (exact) mass is 226 g/mol. The van der Waals surface area contributed by atoms with Gasteiger partial charge in [-0.05, 0) is 24.7 Å². The van der Waals surface area contributed by atoms with E-state index in [4.69, 9.17) is 0 Å². The van der Waals surface area contributed by atoms with Gasteiger partial charge in [0.2, 0.25) is 0 Å². The zero-order valence-electron chi connectivity index (χ0n) is 9.40. The molecule has 0 atom stereocenters. The molecule has 84 valence electrons. The number of rotatable bonds is 7. The predicted octanol–water partition coefficient (Wildman–Crippen LogP) is 2.06. The van der Waals surface area contributed by atoms with Crippen LogP contribution in [-0.2, 0) is 18.3 Å². The summed E-state index contributed by atoms with van der Waals surface area (Å²) in [5, 5.41) is 4.07. The molecule has 0 N–H and O–H groups in total. The Morgan fingerprint density at radius 1 is 1.60 bits per heavy atom. The van der Waals surface area contributed by atoms with E-state index in [0.29, 0.717) is 18.0 Å². The van der Waals surface area contributed by atoms with E-state index in [9.17, 15) is 4.79 Å². The summed E-state index contributed by atoms with van der Waals surface area (Å²) in [4.78, 5) is 11.5. The van der Waals surface area contributed by atoms with Gasteiger partial charge in [-0.2, -0.15) is 16.9 Å². The summed E-state index contributed by atoms with van der Waals surface area (Å²) >= 11 is 1.73. The van der Waals surface area contributed by atoms with E-state index < -0.39 is 0 Å². The first-order valence-corrected chi connectivity index (χ1v) is 6.45. The standard InChI is InChI=1S/C11H18N2OS/c1-3-8-15-9-11(14)5-4-10-6-7-12-13(10)2/h6-7H,3-5,8-9H2,1-2H3. The Balaban J connectivity index is 2.20. The highest BCUT2D eigenvalue weighted by Gasteiger charge is 2.04. The largest absolute Gasteiger partial charge is 0.299 e. The molecule has 0 unspecified atom stereocenters. The third-order valence-corrected chi connectivity index (χ3v) is 3.42. The van der Waals surface area contributed by atoms with E-state index in [0.717, 1.165) is 24.3 Å². The first-order valence-electron chi connectivity index (χ1n) is 5.30. The Morgan fingerprint density at radius 3 is 3.00 bits per heavy atom. The predicted molar refractivity (Wildman–Crippen MR) is 64.2 cm³/mol. The number of hydrogen-bond donors (Lipinski definition) is 0. The minimum atomic E-state index is 0.342. The van der Waals surface area contributed by atoms with Crippen molar-refractivity contribution in [3.05, 3.63) is 18.0 Å². The molecule has 0 fully saturated rings. The summed E-state index contributed by atoms with van der Waals surface area (Å²) in [5.41, 5.74) is 1.13. The van der Waals surface area contributed by atoms with Gasteiger partial charge < -0.3 is 0 Å². The molecule has 1 heterocycles. The number of carbonyl (C=O) groups excluding carboxylic acids is 1. The lowest BCUT2D eigenvalue weighted by atomic mass is 10.2. The molecule has 0 saturated heterocycles. The van der Waals surface area contributed by atoms with Crippen molar-refractivity contribution in [2.45, 2.75) is 26.2 Å². The molecule has 0 aromatic carbocycles. The maximum Gasteiger partial charge on any atom is 0.143 e. The molecule has 1 aromatic rings. The Hall–Kier alpha value is -0.770. The molecule has 3 nitrogen and oxygen atoms in total. The molecule has 0 amide bonds. The molecule has 0 saturated carbocycles. The van der Waals surface area contributed by atoms with Gasteiger partial charge in [0.1, 0.15) is 5.78 Å². The van der Waals surface area contributed by atoms with Crippen molar-refractivity contribution in [1.82, 2.24) is 9.78 Å². The summed E-state index contributed by atoms with van der Waals surface area (Å²) in [6.45, 7) is 2.13. The lowest BCUT2D eigenvalue weighted by Crippen LogP contribution is -2.06. The summed E-state index contributed by atoms with van der Waals surface area (Å²) in [5.74, 6) is 2.08. The zero-order valence-corrected chi connectivity index (χ0v) is 10.2. The van der Waals surface area contributed by atoms with Crippen molar-refractivity contribution in [3.8, 4) is 0 Å². The number of thioether (sulfide) groups is 1. The van der Waals surface area contributed by atoms with Crippen LogP contribution < -0.4 is 0 Å². The summed E-state index contributed by atoms with van der Waals surface area (Å²) < 4.78 is 1.83. The molecular formula is C11H18N2OS. The number of hydrogen-bond acceptors (Lipinski definition) is 3. The highest BCUT2D eigenvalue weighted by molar-refractivity contribution is 7.99. The number of carbonyl (C=O) groups is 1. The van der Waals surface area contributed by atoms with Crippen LogP contribution in [0.15, 0.2) is 12.3 Å². The molecule has 0 radical (unpaired) electrons. The number of nitrogens with zero attached hydrogens (tertiary/aromatic N) is 2. The molecule has 0 aliphatic heterocycles. The smallest absolute Gasteiger partial charge is 0.143 e. The SMILES string of the molecule is CCCSCC(=O)CCc1ccnn1C. The van der Waals surface area contributed by atoms with Crippen molar-refractivity contribution in [2.24, 2.45) is 7.05 Å². The van der Waals surface area contributed by atoms with Crippen molar-refractivity contribution < 1.29 is 4.79 Å². The average molecular weight is 226 g/mol. The topological polar surface area (TPSA) is 34.9 Å². The van der Waals surface area contributed by atoms with Crippen LogP contribution >= 0.6 is 11.8 Å². The quantitative estimate of drug-likeness (QED) is 0.668. The van der Waals surface area contributed by atoms with Gasteiger partial charge in [-0.1, -0.05) is 6.92 Å². The van der Waals surface area contributed by atoms with Gasteiger partial charge in [-0.25, -0.2) is 0 Å². The van der Waals surface area contributed by atoms with Crippen molar-refractivity contribution in [1.29, 1.82) is 0 Å². The molecule has 1 aromatic heterocycles. The molecule has 0 aliphatic carbocycles. The van der Waals surface area contributed by atoms with Crippen LogP contribution in [0, 0.1) is 0 Å². The van der Waals surface area contributed by atoms with Crippen molar-refractivity contribution >= 4 is 17.5 Å². The molecule has 0 bridgehead atoms. The number of aryl methyl sites for hydroxylation is 2. The Labute approximate surface area is 95.2 Å². The fraction of sp³-hybridized carbons (Fsp3) is 0.636. The highest BCUT2D eigenvalue weighted by atomic mass is 32.2. The van der Waals surface area contributed by atoms with E-state index in [1.165, 1.54) is 0 Å². The molecule has 1 rings (SSSR count). The first-order chi connectivity index (χ1) is 7.24. The fourth-order valence-corrected chi connectivity index (χ4v) is 2.12. The van der Waals surface area contributed by atoms with Crippen LogP contribution in [0.3, 0.4) is 0 Å². The summed E-state index contributed by atoms with van der Waals surface area (Å²) in [6.07, 6.45) is 4.35. The van der Waals surface area contributed by atoms with Crippen LogP contribution in [0.1, 0.15) is 25.5 Å². The van der Waals surface area contributed by atoms with Gasteiger partial charge in [0, 0.05) is 25.4 Å². The van der Waals surface area contributed by atoms with Gasteiger partial charge in [0.15, 0.2) is 0 Å². The molecule has 0 spiro atoms. The van der Waals surface area contributed by atoms with E-state index in [-0.39, 0.29) is 0 Å². The fourth-order valence-electron chi connectivity index (χ4n) is 1.32. The normalized spacial score (nSPS) is 10.5. The molecule has 0 aliphatic rings. The second kappa shape index (κ2) is 6.67. The molecule has 15 heavy (non-hydrogen) atoms. The number of aromatic nitrogens is 2. The van der Waals surface area contributed by atoms with E-state index >= 15 is 0 Å². The first kappa shape index (κ1) is 12.3. The van der Waals surface area contributed by atoms with Crippen LogP contribution in [0.4, 0.5) is 0 Å². The second-order valence-corrected chi connectivity index (χ2v) is 4.64. The average Bonchev–Trinajstić information content (AvgIpc) is 2.61. The third kappa shape index (κ3) is 4.51. The Bertz CT molecular complexity index is 309. The maximum absolute atomic E-state index is 11.5. The number of ketones is 1. The van der Waals surface area contributed by atoms with Crippen LogP contribution in [-0.4, -0.2) is 27.1 Å². The molecule has 4 heteroatoms. The minimum Gasteiger partial charge on any atom is -0.299 e. The van der Waals surface area contributed by atoms with Crippen LogP contribution in [0.5, 0.6) is 0 Å². The van der Waals surface area contributed by atoms with Crippen molar-refractivity contribution in [3.63, 3.8) is 0 Å².